The van der Waals surface area contributed by atoms with Crippen molar-refractivity contribution in [2.45, 2.75) is 0 Å². The lowest BCUT2D eigenvalue weighted by atomic mass is 10.2. The summed E-state index contributed by atoms with van der Waals surface area (Å²) in [5, 5.41) is 14.0. The van der Waals surface area contributed by atoms with E-state index in [0.717, 1.165) is 11.3 Å². The highest BCUT2D eigenvalue weighted by atomic mass is 16.5. The van der Waals surface area contributed by atoms with Crippen LogP contribution < -0.4 is 14.8 Å². The Morgan fingerprint density at radius 3 is 2.58 bits per heavy atom. The van der Waals surface area contributed by atoms with E-state index in [-0.39, 0.29) is 0 Å². The predicted octanol–water partition coefficient (Wildman–Crippen LogP) is 4.50. The van der Waals surface area contributed by atoms with E-state index >= 15 is 0 Å². The summed E-state index contributed by atoms with van der Waals surface area (Å²) >= 11 is 0. The molecule has 3 heterocycles. The van der Waals surface area contributed by atoms with Crippen molar-refractivity contribution in [2.24, 2.45) is 5.16 Å². The lowest BCUT2D eigenvalue weighted by Crippen LogP contribution is -2.09. The van der Waals surface area contributed by atoms with Crippen molar-refractivity contribution in [1.82, 2.24) is 9.38 Å². The fraction of sp³-hybridized carbons (Fsp3) is 0.0833. The number of aromatic nitrogens is 2. The second kappa shape index (κ2) is 8.23. The van der Waals surface area contributed by atoms with Gasteiger partial charge in [-0.25, -0.2) is 4.98 Å². The van der Waals surface area contributed by atoms with Gasteiger partial charge < -0.3 is 23.5 Å². The van der Waals surface area contributed by atoms with Crippen LogP contribution in [0.15, 0.2) is 94.9 Å². The first kappa shape index (κ1) is 18.7. The zero-order valence-electron chi connectivity index (χ0n) is 16.5. The van der Waals surface area contributed by atoms with E-state index in [2.05, 4.69) is 10.1 Å². The van der Waals surface area contributed by atoms with E-state index in [1.807, 2.05) is 65.2 Å². The normalized spacial score (nSPS) is 11.8. The Labute approximate surface area is 177 Å². The van der Waals surface area contributed by atoms with Gasteiger partial charge in [0, 0.05) is 17.8 Å². The van der Waals surface area contributed by atoms with E-state index in [1.54, 1.807) is 24.5 Å². The molecule has 0 amide bonds. The molecule has 0 fully saturated rings. The first-order valence-electron chi connectivity index (χ1n) is 9.80. The minimum atomic E-state index is 0.374. The van der Waals surface area contributed by atoms with Gasteiger partial charge in [-0.05, 0) is 48.5 Å². The fourth-order valence-corrected chi connectivity index (χ4v) is 3.35. The number of para-hydroxylation sites is 1. The number of hydrogen-bond acceptors (Lipinski definition) is 6. The summed E-state index contributed by atoms with van der Waals surface area (Å²) in [4.78, 5) is 4.43. The molecule has 0 radical (unpaired) electrons. The molecule has 5 aromatic rings. The Kier molecular flexibility index (Phi) is 4.98. The molecule has 3 aromatic heterocycles. The molecule has 7 nitrogen and oxygen atoms in total. The molecule has 31 heavy (non-hydrogen) atoms. The molecule has 0 unspecified atom stereocenters. The topological polar surface area (TPSA) is 81.5 Å². The summed E-state index contributed by atoms with van der Waals surface area (Å²) in [6.45, 7) is 0.791. The molecule has 7 heteroatoms. The summed E-state index contributed by atoms with van der Waals surface area (Å²) in [5.41, 5.74) is 2.20. The molecule has 0 saturated carbocycles. The summed E-state index contributed by atoms with van der Waals surface area (Å²) in [7, 11) is 0. The summed E-state index contributed by atoms with van der Waals surface area (Å²) in [6, 6.07) is 22.4. The van der Waals surface area contributed by atoms with Crippen LogP contribution in [-0.2, 0) is 0 Å². The Balaban J connectivity index is 1.38. The first-order chi connectivity index (χ1) is 15.3. The highest BCUT2D eigenvalue weighted by molar-refractivity contribution is 5.80. The van der Waals surface area contributed by atoms with Crippen molar-refractivity contribution >= 4 is 16.5 Å². The average Bonchev–Trinajstić information content (AvgIpc) is 3.30. The largest absolute Gasteiger partial charge is 0.490 e. The number of ether oxygens (including phenoxy) is 2. The molecule has 2 aromatic carbocycles. The molecule has 0 saturated heterocycles. The van der Waals surface area contributed by atoms with Crippen molar-refractivity contribution < 1.29 is 19.1 Å². The van der Waals surface area contributed by atoms with Crippen LogP contribution in [0, 0.1) is 0 Å². The van der Waals surface area contributed by atoms with Crippen LogP contribution in [0.1, 0.15) is 0 Å². The lowest BCUT2D eigenvalue weighted by molar-refractivity contribution is 0.217. The Morgan fingerprint density at radius 1 is 0.903 bits per heavy atom. The third-order valence-corrected chi connectivity index (χ3v) is 4.86. The second-order valence-corrected chi connectivity index (χ2v) is 6.88. The smallest absolute Gasteiger partial charge is 0.155 e. The summed E-state index contributed by atoms with van der Waals surface area (Å²) in [5.74, 6) is 1.93. The van der Waals surface area contributed by atoms with Crippen LogP contribution in [0.5, 0.6) is 11.5 Å². The maximum atomic E-state index is 9.57. The van der Waals surface area contributed by atoms with Gasteiger partial charge in [0.2, 0.25) is 0 Å². The van der Waals surface area contributed by atoms with Crippen molar-refractivity contribution in [3.8, 4) is 23.0 Å². The number of benzene rings is 2. The van der Waals surface area contributed by atoms with Gasteiger partial charge in [0.25, 0.3) is 0 Å². The van der Waals surface area contributed by atoms with Crippen molar-refractivity contribution in [2.75, 3.05) is 13.2 Å². The summed E-state index contributed by atoms with van der Waals surface area (Å²) in [6.07, 6.45) is 3.64. The van der Waals surface area contributed by atoms with Crippen LogP contribution in [0.4, 0.5) is 0 Å². The van der Waals surface area contributed by atoms with E-state index < -0.39 is 0 Å². The molecule has 154 valence electrons. The third-order valence-electron chi connectivity index (χ3n) is 4.86. The third kappa shape index (κ3) is 3.93. The molecule has 1 N–H and O–H groups in total. The van der Waals surface area contributed by atoms with Crippen molar-refractivity contribution in [1.29, 1.82) is 0 Å². The van der Waals surface area contributed by atoms with E-state index in [1.165, 1.54) is 0 Å². The number of rotatable bonds is 6. The van der Waals surface area contributed by atoms with Crippen LogP contribution >= 0.6 is 0 Å². The van der Waals surface area contributed by atoms with Crippen molar-refractivity contribution in [3.63, 3.8) is 0 Å². The van der Waals surface area contributed by atoms with E-state index in [0.29, 0.717) is 46.7 Å². The van der Waals surface area contributed by atoms with E-state index in [9.17, 15) is 5.21 Å². The highest BCUT2D eigenvalue weighted by Gasteiger charge is 2.10. The Morgan fingerprint density at radius 2 is 1.74 bits per heavy atom. The molecule has 0 aliphatic heterocycles. The average molecular weight is 413 g/mol. The maximum Gasteiger partial charge on any atom is 0.155 e. The van der Waals surface area contributed by atoms with Gasteiger partial charge in [-0.1, -0.05) is 23.4 Å². The first-order valence-corrected chi connectivity index (χ1v) is 9.80. The monoisotopic (exact) mass is 413 g/mol. The Hall–Kier alpha value is -4.26. The molecule has 5 rings (SSSR count). The predicted molar refractivity (Wildman–Crippen MR) is 115 cm³/mol. The Bertz CT molecular complexity index is 1410. The number of fused-ring (bicyclic) bond motifs is 2. The van der Waals surface area contributed by atoms with Crippen LogP contribution in [0.2, 0.25) is 0 Å². The molecule has 0 aliphatic rings. The second-order valence-electron chi connectivity index (χ2n) is 6.88. The zero-order valence-corrected chi connectivity index (χ0v) is 16.5. The van der Waals surface area contributed by atoms with Gasteiger partial charge in [0.15, 0.2) is 5.76 Å². The van der Waals surface area contributed by atoms with Crippen LogP contribution in [-0.4, -0.2) is 27.8 Å². The standard InChI is InChI=1S/C24H19N3O4/c28-26-21-15-24(22-13-17-5-4-10-27(17)16-25-22)31-23-9-8-19(14-20(21)23)30-12-11-29-18-6-2-1-3-7-18/h1-10,13-16,28H,11-12H2/b26-21-. The minimum Gasteiger partial charge on any atom is -0.490 e. The van der Waals surface area contributed by atoms with Crippen molar-refractivity contribution in [3.05, 3.63) is 90.7 Å². The van der Waals surface area contributed by atoms with E-state index in [4.69, 9.17) is 13.9 Å². The number of nitrogens with zero attached hydrogens (tertiary/aromatic N) is 3. The van der Waals surface area contributed by atoms with Gasteiger partial charge in [0.1, 0.15) is 41.3 Å². The van der Waals surface area contributed by atoms with Gasteiger partial charge in [-0.3, -0.25) is 0 Å². The van der Waals surface area contributed by atoms with Crippen LogP contribution in [0.25, 0.3) is 27.9 Å². The SMILES string of the molecule is O/N=c1/cc(-c2cc3cccn3cn2)oc2ccc(OCCOc3ccccc3)cc12. The maximum absolute atomic E-state index is 9.57. The molecule has 0 atom stereocenters. The summed E-state index contributed by atoms with van der Waals surface area (Å²) < 4.78 is 19.4. The quantitative estimate of drug-likeness (QED) is 0.252. The van der Waals surface area contributed by atoms with Gasteiger partial charge in [-0.15, -0.1) is 0 Å². The highest BCUT2D eigenvalue weighted by Crippen LogP contribution is 2.24. The molecule has 0 spiro atoms. The molecule has 0 aliphatic carbocycles. The number of hydrogen-bond donors (Lipinski definition) is 1. The minimum absolute atomic E-state index is 0.374. The molecular weight excluding hydrogens is 394 g/mol. The fourth-order valence-electron chi connectivity index (χ4n) is 3.35. The van der Waals surface area contributed by atoms with Crippen LogP contribution in [0.3, 0.4) is 0 Å². The molecular formula is C24H19N3O4. The zero-order chi connectivity index (χ0) is 21.0. The van der Waals surface area contributed by atoms with Gasteiger partial charge >= 0.3 is 0 Å². The lowest BCUT2D eigenvalue weighted by Gasteiger charge is -2.09. The van der Waals surface area contributed by atoms with Gasteiger partial charge in [0.05, 0.1) is 11.7 Å². The molecule has 0 bridgehead atoms. The van der Waals surface area contributed by atoms with Gasteiger partial charge in [-0.2, -0.15) is 0 Å².